The molecule has 0 unspecified atom stereocenters. The molecule has 0 saturated heterocycles. The minimum absolute atomic E-state index is 0.872. The highest BCUT2D eigenvalue weighted by molar-refractivity contribution is 6.16. The number of anilines is 3. The van der Waals surface area contributed by atoms with E-state index in [4.69, 9.17) is 4.42 Å². The van der Waals surface area contributed by atoms with Gasteiger partial charge in [0.05, 0.1) is 16.7 Å². The Bertz CT molecular complexity index is 3540. The number of benzene rings is 10. The maximum absolute atomic E-state index is 6.67. The van der Waals surface area contributed by atoms with Gasteiger partial charge >= 0.3 is 0 Å². The number of aromatic nitrogens is 1. The predicted molar refractivity (Wildman–Crippen MR) is 249 cm³/mol. The first-order chi connectivity index (χ1) is 29.2. The Kier molecular flexibility index (Phi) is 7.54. The first-order valence-electron chi connectivity index (χ1n) is 20.2. The third kappa shape index (κ3) is 5.44. The van der Waals surface area contributed by atoms with Gasteiger partial charge < -0.3 is 13.9 Å². The standard InChI is InChI=1S/C56H36N2O/c1-2-14-43(15-3-1)58-53-19-9-8-18-48(53)51-35-42(28-34-54(51)58)39-23-21-37(22-24-39)38-25-29-44(30-26-38)57(52-20-10-13-40-11-4-6-16-46(40)52)45-31-33-49-50-32-27-41-12-5-7-17-47(41)56(50)59-55(49)36-45/h1-36H. The summed E-state index contributed by atoms with van der Waals surface area (Å²) in [6.45, 7) is 0. The van der Waals surface area contributed by atoms with E-state index in [1.807, 2.05) is 0 Å². The molecule has 0 atom stereocenters. The van der Waals surface area contributed by atoms with Crippen LogP contribution in [0, 0.1) is 0 Å². The fraction of sp³-hybridized carbons (Fsp3) is 0. The normalized spacial score (nSPS) is 11.7. The van der Waals surface area contributed by atoms with Gasteiger partial charge in [-0.2, -0.15) is 0 Å². The lowest BCUT2D eigenvalue weighted by Gasteiger charge is -2.27. The highest BCUT2D eigenvalue weighted by Crippen LogP contribution is 2.43. The second-order valence-electron chi connectivity index (χ2n) is 15.3. The number of hydrogen-bond donors (Lipinski definition) is 0. The van der Waals surface area contributed by atoms with Crippen molar-refractivity contribution in [3.63, 3.8) is 0 Å². The lowest BCUT2D eigenvalue weighted by Crippen LogP contribution is -2.10. The zero-order valence-corrected chi connectivity index (χ0v) is 32.1. The molecular formula is C56H36N2O. The van der Waals surface area contributed by atoms with E-state index in [-0.39, 0.29) is 0 Å². The minimum atomic E-state index is 0.872. The van der Waals surface area contributed by atoms with E-state index in [9.17, 15) is 0 Å². The van der Waals surface area contributed by atoms with Crippen LogP contribution >= 0.6 is 0 Å². The van der Waals surface area contributed by atoms with Gasteiger partial charge in [-0.1, -0.05) is 146 Å². The zero-order chi connectivity index (χ0) is 38.9. The van der Waals surface area contributed by atoms with Crippen molar-refractivity contribution in [2.75, 3.05) is 4.90 Å². The molecule has 0 aliphatic rings. The van der Waals surface area contributed by atoms with Crippen LogP contribution in [-0.2, 0) is 0 Å². The van der Waals surface area contributed by atoms with Crippen molar-refractivity contribution in [1.29, 1.82) is 0 Å². The molecule has 276 valence electrons. The van der Waals surface area contributed by atoms with Crippen LogP contribution in [0.3, 0.4) is 0 Å². The highest BCUT2D eigenvalue weighted by atomic mass is 16.3. The summed E-state index contributed by atoms with van der Waals surface area (Å²) in [6.07, 6.45) is 0. The highest BCUT2D eigenvalue weighted by Gasteiger charge is 2.19. The molecule has 0 N–H and O–H groups in total. The van der Waals surface area contributed by atoms with Crippen LogP contribution in [0.15, 0.2) is 223 Å². The van der Waals surface area contributed by atoms with Gasteiger partial charge in [-0.05, 0) is 99.8 Å². The summed E-state index contributed by atoms with van der Waals surface area (Å²) >= 11 is 0. The van der Waals surface area contributed by atoms with Gasteiger partial charge in [0.25, 0.3) is 0 Å². The van der Waals surface area contributed by atoms with Gasteiger partial charge in [-0.3, -0.25) is 0 Å². The van der Waals surface area contributed by atoms with Gasteiger partial charge in [-0.25, -0.2) is 0 Å². The molecule has 2 heterocycles. The van der Waals surface area contributed by atoms with Crippen molar-refractivity contribution in [1.82, 2.24) is 4.57 Å². The molecule has 3 nitrogen and oxygen atoms in total. The Morgan fingerprint density at radius 2 is 0.915 bits per heavy atom. The Labute approximate surface area is 341 Å². The number of para-hydroxylation sites is 2. The van der Waals surface area contributed by atoms with Crippen LogP contribution in [0.25, 0.3) is 93.2 Å². The smallest absolute Gasteiger partial charge is 0.143 e. The molecule has 3 heteroatoms. The van der Waals surface area contributed by atoms with Gasteiger partial charge in [0.1, 0.15) is 11.2 Å². The molecular weight excluding hydrogens is 717 g/mol. The van der Waals surface area contributed by atoms with E-state index in [0.717, 1.165) is 44.4 Å². The van der Waals surface area contributed by atoms with Gasteiger partial charge in [0.15, 0.2) is 0 Å². The van der Waals surface area contributed by atoms with Crippen LogP contribution in [0.2, 0.25) is 0 Å². The molecule has 0 aliphatic heterocycles. The first kappa shape index (κ1) is 33.3. The molecule has 0 bridgehead atoms. The minimum Gasteiger partial charge on any atom is -0.455 e. The quantitative estimate of drug-likeness (QED) is 0.169. The second kappa shape index (κ2) is 13.4. The molecule has 0 amide bonds. The maximum atomic E-state index is 6.67. The monoisotopic (exact) mass is 752 g/mol. The van der Waals surface area contributed by atoms with Crippen LogP contribution in [0.5, 0.6) is 0 Å². The largest absolute Gasteiger partial charge is 0.455 e. The zero-order valence-electron chi connectivity index (χ0n) is 32.1. The van der Waals surface area contributed by atoms with E-state index in [2.05, 4.69) is 228 Å². The summed E-state index contributed by atoms with van der Waals surface area (Å²) in [5.41, 5.74) is 13.4. The molecule has 12 rings (SSSR count). The fourth-order valence-corrected chi connectivity index (χ4v) is 9.13. The molecule has 0 fully saturated rings. The van der Waals surface area contributed by atoms with Crippen molar-refractivity contribution in [3.8, 4) is 27.9 Å². The SMILES string of the molecule is c1ccc(-n2c3ccccc3c3cc(-c4ccc(-c5ccc(N(c6ccc7c(c6)oc6c8ccccc8ccc76)c6cccc7ccccc67)cc5)cc4)ccc32)cc1. The summed E-state index contributed by atoms with van der Waals surface area (Å²) < 4.78 is 9.03. The summed E-state index contributed by atoms with van der Waals surface area (Å²) in [7, 11) is 0. The third-order valence-electron chi connectivity index (χ3n) is 12.0. The predicted octanol–water partition coefficient (Wildman–Crippen LogP) is 15.8. The van der Waals surface area contributed by atoms with Crippen molar-refractivity contribution >= 4 is 82.4 Å². The topological polar surface area (TPSA) is 21.3 Å². The number of fused-ring (bicyclic) bond motifs is 9. The molecule has 59 heavy (non-hydrogen) atoms. The van der Waals surface area contributed by atoms with Gasteiger partial charge in [0.2, 0.25) is 0 Å². The van der Waals surface area contributed by atoms with Gasteiger partial charge in [0, 0.05) is 55.4 Å². The molecule has 12 aromatic rings. The van der Waals surface area contributed by atoms with Crippen LogP contribution in [-0.4, -0.2) is 4.57 Å². The molecule has 0 saturated carbocycles. The summed E-state index contributed by atoms with van der Waals surface area (Å²) in [5.74, 6) is 0. The Balaban J connectivity index is 0.913. The van der Waals surface area contributed by atoms with Crippen LogP contribution in [0.1, 0.15) is 0 Å². The first-order valence-corrected chi connectivity index (χ1v) is 20.2. The Hall–Kier alpha value is -7.88. The summed E-state index contributed by atoms with van der Waals surface area (Å²) in [6, 6.07) is 78.6. The molecule has 0 radical (unpaired) electrons. The molecule has 10 aromatic carbocycles. The second-order valence-corrected chi connectivity index (χ2v) is 15.3. The average Bonchev–Trinajstić information content (AvgIpc) is 3.85. The van der Waals surface area contributed by atoms with Crippen LogP contribution in [0.4, 0.5) is 17.1 Å². The van der Waals surface area contributed by atoms with E-state index >= 15 is 0 Å². The van der Waals surface area contributed by atoms with E-state index in [1.165, 1.54) is 65.9 Å². The molecule has 2 aromatic heterocycles. The van der Waals surface area contributed by atoms with Crippen molar-refractivity contribution in [2.45, 2.75) is 0 Å². The van der Waals surface area contributed by atoms with Crippen molar-refractivity contribution < 1.29 is 4.42 Å². The number of rotatable bonds is 6. The number of furan rings is 1. The lowest BCUT2D eigenvalue weighted by molar-refractivity contribution is 0.672. The summed E-state index contributed by atoms with van der Waals surface area (Å²) in [4.78, 5) is 2.35. The maximum Gasteiger partial charge on any atom is 0.143 e. The Morgan fingerprint density at radius 3 is 1.71 bits per heavy atom. The van der Waals surface area contributed by atoms with Crippen molar-refractivity contribution in [3.05, 3.63) is 218 Å². The lowest BCUT2D eigenvalue weighted by atomic mass is 9.98. The third-order valence-corrected chi connectivity index (χ3v) is 12.0. The Morgan fingerprint density at radius 1 is 0.339 bits per heavy atom. The summed E-state index contributed by atoms with van der Waals surface area (Å²) in [5, 5.41) is 9.46. The van der Waals surface area contributed by atoms with E-state index in [0.29, 0.717) is 0 Å². The van der Waals surface area contributed by atoms with E-state index in [1.54, 1.807) is 0 Å². The van der Waals surface area contributed by atoms with Gasteiger partial charge in [-0.15, -0.1) is 0 Å². The molecule has 0 spiro atoms. The van der Waals surface area contributed by atoms with E-state index < -0.39 is 0 Å². The van der Waals surface area contributed by atoms with Crippen molar-refractivity contribution in [2.24, 2.45) is 0 Å². The average molecular weight is 753 g/mol. The fourth-order valence-electron chi connectivity index (χ4n) is 9.13. The van der Waals surface area contributed by atoms with Crippen LogP contribution < -0.4 is 4.90 Å². The molecule has 0 aliphatic carbocycles. The number of hydrogen-bond acceptors (Lipinski definition) is 2. The number of nitrogens with zero attached hydrogens (tertiary/aromatic N) is 2.